The summed E-state index contributed by atoms with van der Waals surface area (Å²) in [6, 6.07) is 10.2. The van der Waals surface area contributed by atoms with E-state index in [0.717, 1.165) is 18.6 Å². The lowest BCUT2D eigenvalue weighted by Crippen LogP contribution is -2.19. The Labute approximate surface area is 114 Å². The number of para-hydroxylation sites is 1. The molecule has 0 saturated heterocycles. The smallest absolute Gasteiger partial charge is 0.214 e. The maximum Gasteiger partial charge on any atom is 0.214 e. The highest BCUT2D eigenvalue weighted by Crippen LogP contribution is 2.21. The van der Waals surface area contributed by atoms with E-state index < -0.39 is 0 Å². The van der Waals surface area contributed by atoms with E-state index in [1.807, 2.05) is 45.4 Å². The minimum Gasteiger partial charge on any atom is -0.476 e. The van der Waals surface area contributed by atoms with Crippen LogP contribution in [0.25, 0.3) is 10.9 Å². The van der Waals surface area contributed by atoms with Crippen molar-refractivity contribution in [3.05, 3.63) is 35.9 Å². The Morgan fingerprint density at radius 2 is 2.05 bits per heavy atom. The second-order valence-electron chi connectivity index (χ2n) is 4.82. The van der Waals surface area contributed by atoms with E-state index in [1.165, 1.54) is 10.9 Å². The van der Waals surface area contributed by atoms with Gasteiger partial charge in [-0.15, -0.1) is 0 Å². The van der Waals surface area contributed by atoms with Crippen LogP contribution in [-0.4, -0.2) is 44.2 Å². The lowest BCUT2D eigenvalue weighted by atomic mass is 10.1. The van der Waals surface area contributed by atoms with Crippen LogP contribution in [0.15, 0.2) is 30.3 Å². The number of hydrogen-bond donors (Lipinski definition) is 1. The minimum absolute atomic E-state index is 0.650. The van der Waals surface area contributed by atoms with Crippen LogP contribution in [0.2, 0.25) is 0 Å². The van der Waals surface area contributed by atoms with Crippen LogP contribution in [0.1, 0.15) is 5.56 Å². The highest BCUT2D eigenvalue weighted by atomic mass is 16.5. The zero-order chi connectivity index (χ0) is 13.7. The summed E-state index contributed by atoms with van der Waals surface area (Å²) < 4.78 is 5.73. The highest BCUT2D eigenvalue weighted by molar-refractivity contribution is 5.82. The van der Waals surface area contributed by atoms with Gasteiger partial charge in [-0.25, -0.2) is 4.98 Å². The molecule has 0 fully saturated rings. The van der Waals surface area contributed by atoms with Crippen molar-refractivity contribution in [3.63, 3.8) is 0 Å². The first-order valence-corrected chi connectivity index (χ1v) is 6.51. The van der Waals surface area contributed by atoms with Crippen molar-refractivity contribution in [3.8, 4) is 5.88 Å². The molecule has 0 aliphatic rings. The van der Waals surface area contributed by atoms with Crippen LogP contribution in [0.5, 0.6) is 5.88 Å². The topological polar surface area (TPSA) is 37.4 Å². The molecule has 4 heteroatoms. The first-order valence-electron chi connectivity index (χ1n) is 6.51. The van der Waals surface area contributed by atoms with Crippen LogP contribution < -0.4 is 10.1 Å². The van der Waals surface area contributed by atoms with Gasteiger partial charge in [0.1, 0.15) is 6.61 Å². The SMILES string of the molecule is CNCc1cc(OCCN(C)C)nc2ccccc12. The van der Waals surface area contributed by atoms with Gasteiger partial charge in [0.15, 0.2) is 0 Å². The largest absolute Gasteiger partial charge is 0.476 e. The lowest BCUT2D eigenvalue weighted by molar-refractivity contribution is 0.254. The van der Waals surface area contributed by atoms with Crippen LogP contribution in [0.3, 0.4) is 0 Å². The predicted molar refractivity (Wildman–Crippen MR) is 78.6 cm³/mol. The Morgan fingerprint density at radius 1 is 1.26 bits per heavy atom. The maximum atomic E-state index is 5.73. The van der Waals surface area contributed by atoms with Gasteiger partial charge in [0.05, 0.1) is 5.52 Å². The van der Waals surface area contributed by atoms with Gasteiger partial charge in [0, 0.05) is 24.5 Å². The lowest BCUT2D eigenvalue weighted by Gasteiger charge is -2.12. The van der Waals surface area contributed by atoms with Crippen molar-refractivity contribution >= 4 is 10.9 Å². The van der Waals surface area contributed by atoms with Gasteiger partial charge in [0.25, 0.3) is 0 Å². The molecule has 2 rings (SSSR count). The first-order chi connectivity index (χ1) is 9.20. The third-order valence-corrected chi connectivity index (χ3v) is 2.93. The molecule has 1 N–H and O–H groups in total. The van der Waals surface area contributed by atoms with Gasteiger partial charge in [0.2, 0.25) is 5.88 Å². The molecule has 0 aliphatic carbocycles. The minimum atomic E-state index is 0.650. The molecule has 1 heterocycles. The maximum absolute atomic E-state index is 5.73. The van der Waals surface area contributed by atoms with Gasteiger partial charge < -0.3 is 15.0 Å². The Bertz CT molecular complexity index is 540. The number of nitrogens with one attached hydrogen (secondary N) is 1. The fourth-order valence-electron chi connectivity index (χ4n) is 1.96. The Balaban J connectivity index is 2.24. The first kappa shape index (κ1) is 13.8. The van der Waals surface area contributed by atoms with E-state index in [2.05, 4.69) is 21.3 Å². The van der Waals surface area contributed by atoms with E-state index in [0.29, 0.717) is 12.5 Å². The van der Waals surface area contributed by atoms with Crippen LogP contribution in [0, 0.1) is 0 Å². The molecular formula is C15H21N3O. The molecule has 0 saturated carbocycles. The zero-order valence-electron chi connectivity index (χ0n) is 11.8. The number of hydrogen-bond acceptors (Lipinski definition) is 4. The quantitative estimate of drug-likeness (QED) is 0.859. The van der Waals surface area contributed by atoms with Crippen molar-refractivity contribution in [2.24, 2.45) is 0 Å². The molecule has 4 nitrogen and oxygen atoms in total. The monoisotopic (exact) mass is 259 g/mol. The van der Waals surface area contributed by atoms with E-state index >= 15 is 0 Å². The number of likely N-dealkylation sites (N-methyl/N-ethyl adjacent to an activating group) is 1. The third kappa shape index (κ3) is 3.66. The molecule has 0 unspecified atom stereocenters. The molecule has 0 amide bonds. The van der Waals surface area contributed by atoms with Crippen LogP contribution >= 0.6 is 0 Å². The Kier molecular flexibility index (Phi) is 4.71. The van der Waals surface area contributed by atoms with Crippen molar-refractivity contribution in [1.82, 2.24) is 15.2 Å². The van der Waals surface area contributed by atoms with Crippen molar-refractivity contribution in [2.45, 2.75) is 6.54 Å². The molecule has 0 bridgehead atoms. The number of ether oxygens (including phenoxy) is 1. The summed E-state index contributed by atoms with van der Waals surface area (Å²) in [7, 11) is 6.01. The summed E-state index contributed by atoms with van der Waals surface area (Å²) >= 11 is 0. The van der Waals surface area contributed by atoms with Gasteiger partial charge in [-0.3, -0.25) is 0 Å². The van der Waals surface area contributed by atoms with E-state index in [-0.39, 0.29) is 0 Å². The Morgan fingerprint density at radius 3 is 2.79 bits per heavy atom. The predicted octanol–water partition coefficient (Wildman–Crippen LogP) is 1.89. The average Bonchev–Trinajstić information content (AvgIpc) is 2.39. The molecule has 19 heavy (non-hydrogen) atoms. The molecule has 102 valence electrons. The van der Waals surface area contributed by atoms with Crippen molar-refractivity contribution < 1.29 is 4.74 Å². The standard InChI is InChI=1S/C15H21N3O/c1-16-11-12-10-15(19-9-8-18(2)3)17-14-7-5-4-6-13(12)14/h4-7,10,16H,8-9,11H2,1-3H3. The normalized spacial score (nSPS) is 11.2. The molecule has 0 aliphatic heterocycles. The summed E-state index contributed by atoms with van der Waals surface area (Å²) in [6.07, 6.45) is 0. The van der Waals surface area contributed by atoms with Gasteiger partial charge >= 0.3 is 0 Å². The molecular weight excluding hydrogens is 238 g/mol. The van der Waals surface area contributed by atoms with Crippen molar-refractivity contribution in [1.29, 1.82) is 0 Å². The van der Waals surface area contributed by atoms with E-state index in [1.54, 1.807) is 0 Å². The summed E-state index contributed by atoms with van der Waals surface area (Å²) in [6.45, 7) is 2.35. The zero-order valence-corrected chi connectivity index (χ0v) is 11.8. The summed E-state index contributed by atoms with van der Waals surface area (Å²) in [5, 5.41) is 4.36. The molecule has 1 aromatic heterocycles. The second-order valence-corrected chi connectivity index (χ2v) is 4.82. The highest BCUT2D eigenvalue weighted by Gasteiger charge is 2.06. The molecule has 0 spiro atoms. The number of rotatable bonds is 6. The van der Waals surface area contributed by atoms with Gasteiger partial charge in [-0.2, -0.15) is 0 Å². The molecule has 0 radical (unpaired) electrons. The van der Waals surface area contributed by atoms with Gasteiger partial charge in [-0.1, -0.05) is 18.2 Å². The van der Waals surface area contributed by atoms with E-state index in [9.17, 15) is 0 Å². The number of benzene rings is 1. The van der Waals surface area contributed by atoms with E-state index in [4.69, 9.17) is 4.74 Å². The van der Waals surface area contributed by atoms with Crippen LogP contribution in [-0.2, 0) is 6.54 Å². The number of nitrogens with zero attached hydrogens (tertiary/aromatic N) is 2. The summed E-state index contributed by atoms with van der Waals surface area (Å²) in [4.78, 5) is 6.64. The number of aromatic nitrogens is 1. The van der Waals surface area contributed by atoms with Gasteiger partial charge in [-0.05, 0) is 32.8 Å². The average molecular weight is 259 g/mol. The number of pyridine rings is 1. The summed E-state index contributed by atoms with van der Waals surface area (Å²) in [5.74, 6) is 0.700. The fraction of sp³-hybridized carbons (Fsp3) is 0.400. The fourth-order valence-corrected chi connectivity index (χ4v) is 1.96. The van der Waals surface area contributed by atoms with Crippen molar-refractivity contribution in [2.75, 3.05) is 34.3 Å². The molecule has 0 atom stereocenters. The Hall–Kier alpha value is -1.65. The summed E-state index contributed by atoms with van der Waals surface area (Å²) in [5.41, 5.74) is 2.20. The third-order valence-electron chi connectivity index (χ3n) is 2.93. The second kappa shape index (κ2) is 6.50. The number of fused-ring (bicyclic) bond motifs is 1. The molecule has 1 aromatic carbocycles. The molecule has 2 aromatic rings. The van der Waals surface area contributed by atoms with Crippen LogP contribution in [0.4, 0.5) is 0 Å².